The van der Waals surface area contributed by atoms with Crippen LogP contribution in [0, 0.1) is 0 Å². The summed E-state index contributed by atoms with van der Waals surface area (Å²) in [5.41, 5.74) is 1.06. The van der Waals surface area contributed by atoms with Crippen LogP contribution in [0.15, 0.2) is 60.7 Å². The highest BCUT2D eigenvalue weighted by Crippen LogP contribution is 2.42. The van der Waals surface area contributed by atoms with Crippen LogP contribution in [0.5, 0.6) is 17.2 Å². The lowest BCUT2D eigenvalue weighted by Gasteiger charge is -2.31. The maximum atomic E-state index is 13.3. The van der Waals surface area contributed by atoms with Crippen molar-refractivity contribution >= 4 is 17.4 Å². The summed E-state index contributed by atoms with van der Waals surface area (Å²) in [6, 6.07) is 11.1. The molecule has 196 valence electrons. The number of amides is 1. The van der Waals surface area contributed by atoms with Crippen molar-refractivity contribution in [3.8, 4) is 17.2 Å². The van der Waals surface area contributed by atoms with Crippen LogP contribution in [0.1, 0.15) is 17.2 Å². The molecule has 2 fully saturated rings. The second-order valence-corrected chi connectivity index (χ2v) is 8.68. The molecule has 2 saturated heterocycles. The second-order valence-electron chi connectivity index (χ2n) is 8.68. The molecular weight excluding hydrogens is 476 g/mol. The van der Waals surface area contributed by atoms with Gasteiger partial charge in [-0.3, -0.25) is 14.5 Å². The fraction of sp³-hybridized carbons (Fsp3) is 0.357. The van der Waals surface area contributed by atoms with Crippen molar-refractivity contribution in [2.24, 2.45) is 0 Å². The van der Waals surface area contributed by atoms with Gasteiger partial charge in [-0.15, -0.1) is 0 Å². The first-order valence-corrected chi connectivity index (χ1v) is 12.1. The Morgan fingerprint density at radius 2 is 1.76 bits per heavy atom. The highest BCUT2D eigenvalue weighted by Gasteiger charge is 2.46. The molecule has 4 rings (SSSR count). The Kier molecular flexibility index (Phi) is 8.47. The average molecular weight is 509 g/mol. The molecule has 2 aromatic rings. The number of ether oxygens (including phenoxy) is 4. The minimum atomic E-state index is -0.794. The monoisotopic (exact) mass is 508 g/mol. The summed E-state index contributed by atoms with van der Waals surface area (Å²) in [5, 5.41) is 11.3. The molecule has 2 aliphatic rings. The summed E-state index contributed by atoms with van der Waals surface area (Å²) in [7, 11) is 3.06. The van der Waals surface area contributed by atoms with E-state index in [0.717, 1.165) is 13.1 Å². The second kappa shape index (κ2) is 11.9. The van der Waals surface area contributed by atoms with Crippen molar-refractivity contribution in [1.82, 2.24) is 9.80 Å². The minimum absolute atomic E-state index is 0.0268. The summed E-state index contributed by atoms with van der Waals surface area (Å²) in [6.45, 7) is 7.64. The van der Waals surface area contributed by atoms with Crippen molar-refractivity contribution in [1.29, 1.82) is 0 Å². The maximum absolute atomic E-state index is 13.3. The van der Waals surface area contributed by atoms with E-state index in [9.17, 15) is 14.7 Å². The van der Waals surface area contributed by atoms with Crippen molar-refractivity contribution in [2.45, 2.75) is 6.04 Å². The number of aliphatic hydroxyl groups is 1. The Morgan fingerprint density at radius 3 is 2.41 bits per heavy atom. The minimum Gasteiger partial charge on any atom is -0.507 e. The van der Waals surface area contributed by atoms with E-state index in [-0.39, 0.29) is 11.3 Å². The van der Waals surface area contributed by atoms with Crippen LogP contribution < -0.4 is 14.2 Å². The van der Waals surface area contributed by atoms with E-state index in [0.29, 0.717) is 61.3 Å². The highest BCUT2D eigenvalue weighted by atomic mass is 16.5. The van der Waals surface area contributed by atoms with E-state index < -0.39 is 17.7 Å². The Bertz CT molecular complexity index is 1170. The Hall–Kier alpha value is -3.82. The number of Topliss-reactive ketones (excluding diaryl/α,β-unsaturated/α-hetero) is 1. The van der Waals surface area contributed by atoms with Gasteiger partial charge >= 0.3 is 0 Å². The molecule has 1 N–H and O–H groups in total. The Balaban J connectivity index is 1.74. The lowest BCUT2D eigenvalue weighted by molar-refractivity contribution is -0.140. The third kappa shape index (κ3) is 5.63. The van der Waals surface area contributed by atoms with Crippen LogP contribution in [0.25, 0.3) is 5.76 Å². The van der Waals surface area contributed by atoms with Gasteiger partial charge in [0.25, 0.3) is 11.7 Å². The standard InChI is InChI=1S/C28H32N2O7/c1-4-15-37-21-8-5-19(6-9-21)26(31)24-25(20-7-10-22(34-2)23(18-20)35-3)30(28(33)27(24)32)12-11-29-13-16-36-17-14-29/h4-10,18,25,31H,1,11-17H2,2-3H3/b26-24+. The number of methoxy groups -OCH3 is 2. The molecule has 1 unspecified atom stereocenters. The number of nitrogens with zero attached hydrogens (tertiary/aromatic N) is 2. The van der Waals surface area contributed by atoms with Crippen LogP contribution in [-0.2, 0) is 14.3 Å². The number of benzene rings is 2. The van der Waals surface area contributed by atoms with Gasteiger partial charge in [0.15, 0.2) is 11.5 Å². The summed E-state index contributed by atoms with van der Waals surface area (Å²) in [4.78, 5) is 30.3. The molecule has 0 aliphatic carbocycles. The first-order chi connectivity index (χ1) is 18.0. The zero-order chi connectivity index (χ0) is 26.4. The van der Waals surface area contributed by atoms with Crippen molar-refractivity contribution in [3.63, 3.8) is 0 Å². The van der Waals surface area contributed by atoms with Crippen molar-refractivity contribution < 1.29 is 33.6 Å². The van der Waals surface area contributed by atoms with Crippen molar-refractivity contribution in [3.05, 3.63) is 71.8 Å². The van der Waals surface area contributed by atoms with E-state index in [4.69, 9.17) is 18.9 Å². The molecule has 37 heavy (non-hydrogen) atoms. The quantitative estimate of drug-likeness (QED) is 0.226. The third-order valence-corrected chi connectivity index (χ3v) is 6.52. The van der Waals surface area contributed by atoms with E-state index in [1.54, 1.807) is 48.5 Å². The van der Waals surface area contributed by atoms with Crippen LogP contribution in [0.4, 0.5) is 0 Å². The smallest absolute Gasteiger partial charge is 0.295 e. The van der Waals surface area contributed by atoms with E-state index in [1.165, 1.54) is 19.1 Å². The number of hydrogen-bond acceptors (Lipinski definition) is 8. The number of carbonyl (C=O) groups excluding carboxylic acids is 2. The van der Waals surface area contributed by atoms with E-state index in [2.05, 4.69) is 11.5 Å². The first-order valence-electron chi connectivity index (χ1n) is 12.1. The summed E-state index contributed by atoms with van der Waals surface area (Å²) < 4.78 is 21.8. The fourth-order valence-corrected chi connectivity index (χ4v) is 4.57. The normalized spacial score (nSPS) is 19.6. The molecule has 2 aromatic carbocycles. The lowest BCUT2D eigenvalue weighted by Crippen LogP contribution is -2.42. The number of hydrogen-bond donors (Lipinski definition) is 1. The van der Waals surface area contributed by atoms with Gasteiger partial charge in [-0.1, -0.05) is 18.7 Å². The third-order valence-electron chi connectivity index (χ3n) is 6.52. The van der Waals surface area contributed by atoms with Crippen LogP contribution >= 0.6 is 0 Å². The van der Waals surface area contributed by atoms with Gasteiger partial charge in [0.05, 0.1) is 39.0 Å². The zero-order valence-electron chi connectivity index (χ0n) is 21.1. The molecule has 1 amide bonds. The SMILES string of the molecule is C=CCOc1ccc(/C(O)=C2\C(=O)C(=O)N(CCN3CCOCC3)C2c2ccc(OC)c(OC)c2)cc1. The summed E-state index contributed by atoms with van der Waals surface area (Å²) >= 11 is 0. The van der Waals surface area contributed by atoms with E-state index in [1.807, 2.05) is 0 Å². The summed E-state index contributed by atoms with van der Waals surface area (Å²) in [5.74, 6) is -0.0537. The van der Waals surface area contributed by atoms with Crippen molar-refractivity contribution in [2.75, 3.05) is 60.2 Å². The average Bonchev–Trinajstić information content (AvgIpc) is 3.20. The highest BCUT2D eigenvalue weighted by molar-refractivity contribution is 6.46. The van der Waals surface area contributed by atoms with Gasteiger partial charge < -0.3 is 29.0 Å². The number of likely N-dealkylation sites (tertiary alicyclic amines) is 1. The summed E-state index contributed by atoms with van der Waals surface area (Å²) in [6.07, 6.45) is 1.63. The van der Waals surface area contributed by atoms with Gasteiger partial charge in [0.1, 0.15) is 18.1 Å². The van der Waals surface area contributed by atoms with Gasteiger partial charge in [-0.2, -0.15) is 0 Å². The number of morpholine rings is 1. The molecule has 2 heterocycles. The fourth-order valence-electron chi connectivity index (χ4n) is 4.57. The molecule has 2 aliphatic heterocycles. The molecule has 9 nitrogen and oxygen atoms in total. The molecular formula is C28H32N2O7. The molecule has 0 radical (unpaired) electrons. The largest absolute Gasteiger partial charge is 0.507 e. The molecule has 9 heteroatoms. The van der Waals surface area contributed by atoms with Crippen LogP contribution in [-0.4, -0.2) is 86.8 Å². The van der Waals surface area contributed by atoms with E-state index >= 15 is 0 Å². The topological polar surface area (TPSA) is 97.8 Å². The van der Waals surface area contributed by atoms with Gasteiger partial charge in [-0.25, -0.2) is 0 Å². The predicted molar refractivity (Wildman–Crippen MR) is 138 cm³/mol. The first kappa shape index (κ1) is 26.2. The van der Waals surface area contributed by atoms with Gasteiger partial charge in [0.2, 0.25) is 0 Å². The molecule has 0 aromatic heterocycles. The van der Waals surface area contributed by atoms with Gasteiger partial charge in [0, 0.05) is 31.7 Å². The van der Waals surface area contributed by atoms with Gasteiger partial charge in [-0.05, 0) is 42.0 Å². The number of ketones is 1. The number of rotatable bonds is 10. The number of carbonyl (C=O) groups is 2. The molecule has 0 spiro atoms. The maximum Gasteiger partial charge on any atom is 0.295 e. The Labute approximate surface area is 216 Å². The number of aliphatic hydroxyl groups excluding tert-OH is 1. The zero-order valence-corrected chi connectivity index (χ0v) is 21.1. The molecule has 0 saturated carbocycles. The lowest BCUT2D eigenvalue weighted by atomic mass is 9.95. The molecule has 1 atom stereocenters. The van der Waals surface area contributed by atoms with Crippen LogP contribution in [0.2, 0.25) is 0 Å². The Morgan fingerprint density at radius 1 is 1.05 bits per heavy atom. The predicted octanol–water partition coefficient (Wildman–Crippen LogP) is 3.02. The van der Waals surface area contributed by atoms with Crippen LogP contribution in [0.3, 0.4) is 0 Å². The molecule has 0 bridgehead atoms.